The Bertz CT molecular complexity index is 1250. The van der Waals surface area contributed by atoms with Gasteiger partial charge in [0.15, 0.2) is 17.3 Å². The highest BCUT2D eigenvalue weighted by Gasteiger charge is 2.42. The summed E-state index contributed by atoms with van der Waals surface area (Å²) in [5.74, 6) is -0.866. The van der Waals surface area contributed by atoms with Gasteiger partial charge in [0.25, 0.3) is 0 Å². The summed E-state index contributed by atoms with van der Waals surface area (Å²) in [5, 5.41) is 3.30. The number of nitrogens with one attached hydrogen (secondary N) is 1. The number of carbonyl (C=O) groups is 2. The maximum atomic E-state index is 15.1. The Morgan fingerprint density at radius 2 is 1.83 bits per heavy atom. The number of methoxy groups -OCH3 is 2. The molecule has 2 aromatic carbocycles. The minimum atomic E-state index is -0.835. The second kappa shape index (κ2) is 10.6. The maximum Gasteiger partial charge on any atom is 0.337 e. The molecule has 0 saturated heterocycles. The van der Waals surface area contributed by atoms with Crippen molar-refractivity contribution in [2.45, 2.75) is 58.0 Å². The molecule has 0 radical (unpaired) electrons. The van der Waals surface area contributed by atoms with E-state index in [0.29, 0.717) is 46.9 Å². The zero-order valence-electron chi connectivity index (χ0n) is 21.3. The molecule has 0 unspecified atom stereocenters. The first-order valence-corrected chi connectivity index (χ1v) is 12.2. The first-order chi connectivity index (χ1) is 17.3. The SMILES string of the molecule is CC[C@H](C)OC(=O)C1=C(C)NC2=C(C(=O)C[C@H](c3ccc(OC)c(OC)c3)C2)[C@H]1c1ccccc1F. The minimum absolute atomic E-state index is 0.105. The highest BCUT2D eigenvalue weighted by molar-refractivity contribution is 6.04. The zero-order valence-corrected chi connectivity index (χ0v) is 21.3. The molecule has 0 bridgehead atoms. The molecule has 1 aliphatic heterocycles. The Morgan fingerprint density at radius 3 is 2.50 bits per heavy atom. The Kier molecular flexibility index (Phi) is 7.48. The third-order valence-corrected chi connectivity index (χ3v) is 7.03. The van der Waals surface area contributed by atoms with Crippen LogP contribution in [0.4, 0.5) is 4.39 Å². The Hall–Kier alpha value is -3.61. The van der Waals surface area contributed by atoms with Crippen molar-refractivity contribution in [2.24, 2.45) is 0 Å². The fraction of sp³-hybridized carbons (Fsp3) is 0.379. The van der Waals surface area contributed by atoms with E-state index in [9.17, 15) is 9.59 Å². The van der Waals surface area contributed by atoms with Crippen LogP contribution in [0.15, 0.2) is 65.0 Å². The number of ether oxygens (including phenoxy) is 3. The van der Waals surface area contributed by atoms with Crippen LogP contribution in [0.25, 0.3) is 0 Å². The van der Waals surface area contributed by atoms with E-state index in [2.05, 4.69) is 5.32 Å². The van der Waals surface area contributed by atoms with Crippen molar-refractivity contribution in [2.75, 3.05) is 14.2 Å². The first kappa shape index (κ1) is 25.5. The van der Waals surface area contributed by atoms with Gasteiger partial charge in [0.2, 0.25) is 0 Å². The summed E-state index contributed by atoms with van der Waals surface area (Å²) < 4.78 is 31.5. The second-order valence-corrected chi connectivity index (χ2v) is 9.28. The van der Waals surface area contributed by atoms with Crippen LogP contribution < -0.4 is 14.8 Å². The van der Waals surface area contributed by atoms with Gasteiger partial charge in [0, 0.05) is 29.0 Å². The number of benzene rings is 2. The van der Waals surface area contributed by atoms with Crippen LogP contribution in [0, 0.1) is 5.82 Å². The molecule has 1 aliphatic carbocycles. The largest absolute Gasteiger partial charge is 0.493 e. The van der Waals surface area contributed by atoms with Crippen molar-refractivity contribution in [1.82, 2.24) is 5.32 Å². The average Bonchev–Trinajstić information content (AvgIpc) is 2.87. The molecule has 2 aliphatic rings. The lowest BCUT2D eigenvalue weighted by atomic mass is 9.71. The van der Waals surface area contributed by atoms with Gasteiger partial charge in [-0.3, -0.25) is 4.79 Å². The summed E-state index contributed by atoms with van der Waals surface area (Å²) in [7, 11) is 3.15. The molecule has 0 saturated carbocycles. The van der Waals surface area contributed by atoms with Crippen molar-refractivity contribution in [1.29, 1.82) is 0 Å². The highest BCUT2D eigenvalue weighted by atomic mass is 19.1. The van der Waals surface area contributed by atoms with E-state index >= 15 is 4.39 Å². The van der Waals surface area contributed by atoms with Gasteiger partial charge in [0.05, 0.1) is 31.8 Å². The van der Waals surface area contributed by atoms with Gasteiger partial charge >= 0.3 is 5.97 Å². The van der Waals surface area contributed by atoms with Crippen molar-refractivity contribution < 1.29 is 28.2 Å². The summed E-state index contributed by atoms with van der Waals surface area (Å²) in [4.78, 5) is 27.0. The lowest BCUT2D eigenvalue weighted by Gasteiger charge is -2.37. The molecule has 190 valence electrons. The number of rotatable bonds is 7. The smallest absolute Gasteiger partial charge is 0.337 e. The van der Waals surface area contributed by atoms with Gasteiger partial charge < -0.3 is 19.5 Å². The van der Waals surface area contributed by atoms with Crippen molar-refractivity contribution in [3.8, 4) is 11.5 Å². The number of esters is 1. The van der Waals surface area contributed by atoms with E-state index in [1.165, 1.54) is 6.07 Å². The van der Waals surface area contributed by atoms with Crippen LogP contribution in [0.5, 0.6) is 11.5 Å². The number of halogens is 1. The lowest BCUT2D eigenvalue weighted by Crippen LogP contribution is -2.36. The molecule has 0 amide bonds. The van der Waals surface area contributed by atoms with Gasteiger partial charge in [-0.05, 0) is 56.4 Å². The van der Waals surface area contributed by atoms with Crippen LogP contribution in [-0.2, 0) is 14.3 Å². The number of hydrogen-bond acceptors (Lipinski definition) is 6. The molecule has 1 heterocycles. The predicted molar refractivity (Wildman–Crippen MR) is 134 cm³/mol. The number of dihydropyridines is 1. The van der Waals surface area contributed by atoms with Gasteiger partial charge in [0.1, 0.15) is 5.82 Å². The van der Waals surface area contributed by atoms with Gasteiger partial charge in [-0.15, -0.1) is 0 Å². The molecule has 2 aromatic rings. The van der Waals surface area contributed by atoms with E-state index in [0.717, 1.165) is 5.56 Å². The fourth-order valence-corrected chi connectivity index (χ4v) is 5.00. The van der Waals surface area contributed by atoms with Crippen LogP contribution in [0.1, 0.15) is 63.0 Å². The van der Waals surface area contributed by atoms with E-state index in [1.807, 2.05) is 32.0 Å². The monoisotopic (exact) mass is 493 g/mol. The van der Waals surface area contributed by atoms with Gasteiger partial charge in [-0.25, -0.2) is 9.18 Å². The number of Topliss-reactive ketones (excluding diaryl/α,β-unsaturated/α-hetero) is 1. The minimum Gasteiger partial charge on any atom is -0.493 e. The van der Waals surface area contributed by atoms with Crippen molar-refractivity contribution in [3.05, 3.63) is 81.9 Å². The van der Waals surface area contributed by atoms with Crippen LogP contribution in [-0.4, -0.2) is 32.1 Å². The lowest BCUT2D eigenvalue weighted by molar-refractivity contribution is -0.144. The predicted octanol–water partition coefficient (Wildman–Crippen LogP) is 5.55. The van der Waals surface area contributed by atoms with Crippen molar-refractivity contribution >= 4 is 11.8 Å². The summed E-state index contributed by atoms with van der Waals surface area (Å²) in [6.07, 6.45) is 1.11. The first-order valence-electron chi connectivity index (χ1n) is 12.2. The summed E-state index contributed by atoms with van der Waals surface area (Å²) >= 11 is 0. The Labute approximate surface area is 211 Å². The summed E-state index contributed by atoms with van der Waals surface area (Å²) in [6, 6.07) is 11.9. The Balaban J connectivity index is 1.77. The molecule has 36 heavy (non-hydrogen) atoms. The molecular formula is C29H32FNO5. The molecule has 1 N–H and O–H groups in total. The van der Waals surface area contributed by atoms with E-state index < -0.39 is 17.7 Å². The molecule has 4 rings (SSSR count). The average molecular weight is 494 g/mol. The third kappa shape index (κ3) is 4.74. The quantitative estimate of drug-likeness (QED) is 0.510. The van der Waals surface area contributed by atoms with Crippen molar-refractivity contribution in [3.63, 3.8) is 0 Å². The van der Waals surface area contributed by atoms with Crippen LogP contribution >= 0.6 is 0 Å². The molecular weight excluding hydrogens is 461 g/mol. The van der Waals surface area contributed by atoms with E-state index in [4.69, 9.17) is 14.2 Å². The van der Waals surface area contributed by atoms with E-state index in [-0.39, 0.29) is 29.8 Å². The number of allylic oxidation sites excluding steroid dienone is 3. The molecule has 0 fully saturated rings. The Morgan fingerprint density at radius 1 is 1.11 bits per heavy atom. The molecule has 0 spiro atoms. The maximum absolute atomic E-state index is 15.1. The molecule has 7 heteroatoms. The zero-order chi connectivity index (χ0) is 26.0. The number of carbonyl (C=O) groups excluding carboxylic acids is 2. The van der Waals surface area contributed by atoms with E-state index in [1.54, 1.807) is 39.3 Å². The number of ketones is 1. The fourth-order valence-electron chi connectivity index (χ4n) is 5.00. The second-order valence-electron chi connectivity index (χ2n) is 9.28. The normalized spacial score (nSPS) is 20.4. The topological polar surface area (TPSA) is 73.9 Å². The number of hydrogen-bond donors (Lipinski definition) is 1. The highest BCUT2D eigenvalue weighted by Crippen LogP contribution is 2.47. The van der Waals surface area contributed by atoms with Gasteiger partial charge in [-0.1, -0.05) is 31.2 Å². The third-order valence-electron chi connectivity index (χ3n) is 7.03. The van der Waals surface area contributed by atoms with Crippen LogP contribution in [0.3, 0.4) is 0 Å². The molecule has 0 aromatic heterocycles. The van der Waals surface area contributed by atoms with Crippen LogP contribution in [0.2, 0.25) is 0 Å². The summed E-state index contributed by atoms with van der Waals surface area (Å²) in [5.41, 5.74) is 3.21. The summed E-state index contributed by atoms with van der Waals surface area (Å²) in [6.45, 7) is 5.51. The molecule has 3 atom stereocenters. The van der Waals surface area contributed by atoms with Gasteiger partial charge in [-0.2, -0.15) is 0 Å². The molecule has 6 nitrogen and oxygen atoms in total. The standard InChI is InChI=1S/C29H32FNO5/c1-6-16(2)36-29(33)26-17(3)31-22-13-19(18-11-12-24(34-4)25(15-18)35-5)14-23(32)28(22)27(26)20-9-7-8-10-21(20)30/h7-12,15-16,19,27,31H,6,13-14H2,1-5H3/t16-,19+,27-/m0/s1.